The van der Waals surface area contributed by atoms with Crippen molar-refractivity contribution >= 4 is 23.7 Å². The van der Waals surface area contributed by atoms with Gasteiger partial charge in [0.15, 0.2) is 6.10 Å². The van der Waals surface area contributed by atoms with Crippen LogP contribution in [-0.2, 0) is 36.8 Å². The van der Waals surface area contributed by atoms with Crippen molar-refractivity contribution in [3.63, 3.8) is 0 Å². The SMILES string of the molecule is COC(=O)C(N)(Cc1ccc(OCC2CN(c3cccc(CN)c3)C(=O)O2)cc1)C(=O)OC(C)(C)C. The minimum atomic E-state index is -1.99. The monoisotopic (exact) mass is 499 g/mol. The highest BCUT2D eigenvalue weighted by Gasteiger charge is 2.46. The van der Waals surface area contributed by atoms with Crippen molar-refractivity contribution in [2.75, 3.05) is 25.2 Å². The van der Waals surface area contributed by atoms with Crippen molar-refractivity contribution < 1.29 is 33.3 Å². The van der Waals surface area contributed by atoms with E-state index in [0.717, 1.165) is 18.4 Å². The van der Waals surface area contributed by atoms with Crippen molar-refractivity contribution in [2.45, 2.75) is 51.0 Å². The molecule has 0 aromatic heterocycles. The van der Waals surface area contributed by atoms with Gasteiger partial charge in [0.2, 0.25) is 5.54 Å². The summed E-state index contributed by atoms with van der Waals surface area (Å²) >= 11 is 0. The lowest BCUT2D eigenvalue weighted by Gasteiger charge is -2.29. The number of carbonyl (C=O) groups excluding carboxylic acids is 3. The second-order valence-corrected chi connectivity index (χ2v) is 9.59. The minimum Gasteiger partial charge on any atom is -0.490 e. The summed E-state index contributed by atoms with van der Waals surface area (Å²) in [6.45, 7) is 5.93. The molecule has 0 aliphatic carbocycles. The van der Waals surface area contributed by atoms with Gasteiger partial charge in [0.1, 0.15) is 18.0 Å². The van der Waals surface area contributed by atoms with E-state index in [9.17, 15) is 14.4 Å². The zero-order valence-electron chi connectivity index (χ0n) is 21.0. The number of ether oxygens (including phenoxy) is 4. The second-order valence-electron chi connectivity index (χ2n) is 9.59. The van der Waals surface area contributed by atoms with E-state index in [1.165, 1.54) is 0 Å². The fraction of sp³-hybridized carbons (Fsp3) is 0.423. The Hall–Kier alpha value is -3.63. The third-order valence-electron chi connectivity index (χ3n) is 5.49. The maximum absolute atomic E-state index is 12.7. The number of cyclic esters (lactones) is 1. The summed E-state index contributed by atoms with van der Waals surface area (Å²) < 4.78 is 21.3. The molecule has 194 valence electrons. The summed E-state index contributed by atoms with van der Waals surface area (Å²) in [5.41, 5.74) is 11.3. The largest absolute Gasteiger partial charge is 0.490 e. The number of amides is 1. The van der Waals surface area contributed by atoms with E-state index in [1.54, 1.807) is 49.9 Å². The van der Waals surface area contributed by atoms with E-state index in [2.05, 4.69) is 0 Å². The lowest BCUT2D eigenvalue weighted by Crippen LogP contribution is -2.59. The Morgan fingerprint density at radius 2 is 1.78 bits per heavy atom. The number of esters is 2. The van der Waals surface area contributed by atoms with E-state index in [4.69, 9.17) is 30.4 Å². The summed E-state index contributed by atoms with van der Waals surface area (Å²) in [6, 6.07) is 14.2. The number of rotatable bonds is 9. The highest BCUT2D eigenvalue weighted by Crippen LogP contribution is 2.24. The standard InChI is InChI=1S/C26H33N3O7/c1-25(2,3)36-23(31)26(28,22(30)33-4)13-17-8-10-20(11-9-17)34-16-21-15-29(24(32)35-21)19-7-5-6-18(12-19)14-27/h5-12,21H,13-16,27-28H2,1-4H3. The summed E-state index contributed by atoms with van der Waals surface area (Å²) in [5, 5.41) is 0. The van der Waals surface area contributed by atoms with E-state index in [0.29, 0.717) is 24.4 Å². The summed E-state index contributed by atoms with van der Waals surface area (Å²) in [7, 11) is 1.16. The lowest BCUT2D eigenvalue weighted by molar-refractivity contribution is -0.170. The molecule has 2 atom stereocenters. The smallest absolute Gasteiger partial charge is 0.414 e. The van der Waals surface area contributed by atoms with Gasteiger partial charge < -0.3 is 30.4 Å². The minimum absolute atomic E-state index is 0.119. The first-order chi connectivity index (χ1) is 16.9. The van der Waals surface area contributed by atoms with Crippen LogP contribution in [0.1, 0.15) is 31.9 Å². The molecule has 0 saturated carbocycles. The molecule has 2 aromatic rings. The van der Waals surface area contributed by atoms with E-state index >= 15 is 0 Å². The maximum Gasteiger partial charge on any atom is 0.414 e. The van der Waals surface area contributed by atoms with Gasteiger partial charge >= 0.3 is 18.0 Å². The van der Waals surface area contributed by atoms with Crippen LogP contribution < -0.4 is 21.1 Å². The third-order valence-corrected chi connectivity index (χ3v) is 5.49. The van der Waals surface area contributed by atoms with Crippen LogP contribution in [0, 0.1) is 0 Å². The first kappa shape index (κ1) is 27.0. The van der Waals surface area contributed by atoms with Gasteiger partial charge in [-0.1, -0.05) is 24.3 Å². The maximum atomic E-state index is 12.7. The Morgan fingerprint density at radius 3 is 2.39 bits per heavy atom. The van der Waals surface area contributed by atoms with Crippen LogP contribution in [0.5, 0.6) is 5.75 Å². The molecule has 10 heteroatoms. The Balaban J connectivity index is 1.61. The molecule has 1 saturated heterocycles. The molecule has 1 aliphatic rings. The van der Waals surface area contributed by atoms with Gasteiger partial charge in [-0.05, 0) is 56.2 Å². The number of methoxy groups -OCH3 is 1. The van der Waals surface area contributed by atoms with Crippen molar-refractivity contribution in [1.29, 1.82) is 0 Å². The Bertz CT molecular complexity index is 1100. The van der Waals surface area contributed by atoms with Gasteiger partial charge in [-0.3, -0.25) is 4.90 Å². The molecule has 3 rings (SSSR count). The number of anilines is 1. The molecule has 1 fully saturated rings. The highest BCUT2D eigenvalue weighted by molar-refractivity contribution is 6.05. The number of hydrogen-bond donors (Lipinski definition) is 2. The van der Waals surface area contributed by atoms with Crippen LogP contribution in [0.2, 0.25) is 0 Å². The molecule has 36 heavy (non-hydrogen) atoms. The zero-order valence-corrected chi connectivity index (χ0v) is 21.0. The van der Waals surface area contributed by atoms with Gasteiger partial charge in [0, 0.05) is 18.7 Å². The molecule has 10 nitrogen and oxygen atoms in total. The van der Waals surface area contributed by atoms with Crippen molar-refractivity contribution in [2.24, 2.45) is 11.5 Å². The fourth-order valence-electron chi connectivity index (χ4n) is 3.66. The molecule has 2 unspecified atom stereocenters. The van der Waals surface area contributed by atoms with Gasteiger partial charge in [0.25, 0.3) is 0 Å². The van der Waals surface area contributed by atoms with Crippen molar-refractivity contribution in [3.8, 4) is 5.75 Å². The van der Waals surface area contributed by atoms with Crippen LogP contribution in [0.25, 0.3) is 0 Å². The summed E-state index contributed by atoms with van der Waals surface area (Å²) in [5.74, 6) is -1.23. The van der Waals surface area contributed by atoms with Gasteiger partial charge in [0.05, 0.1) is 13.7 Å². The van der Waals surface area contributed by atoms with E-state index < -0.39 is 35.3 Å². The Labute approximate surface area is 210 Å². The van der Waals surface area contributed by atoms with Crippen LogP contribution in [0.3, 0.4) is 0 Å². The number of nitrogens with two attached hydrogens (primary N) is 2. The van der Waals surface area contributed by atoms with Gasteiger partial charge in [-0.15, -0.1) is 0 Å². The van der Waals surface area contributed by atoms with Crippen molar-refractivity contribution in [3.05, 3.63) is 59.7 Å². The molecule has 4 N–H and O–H groups in total. The predicted octanol–water partition coefficient (Wildman–Crippen LogP) is 2.30. The van der Waals surface area contributed by atoms with E-state index in [1.807, 2.05) is 24.3 Å². The summed E-state index contributed by atoms with van der Waals surface area (Å²) in [4.78, 5) is 38.9. The third kappa shape index (κ3) is 6.52. The first-order valence-electron chi connectivity index (χ1n) is 11.5. The van der Waals surface area contributed by atoms with E-state index in [-0.39, 0.29) is 13.0 Å². The second kappa shape index (κ2) is 11.0. The molecular weight excluding hydrogens is 466 g/mol. The quantitative estimate of drug-likeness (QED) is 0.302. The van der Waals surface area contributed by atoms with Crippen LogP contribution >= 0.6 is 0 Å². The molecule has 1 amide bonds. The molecule has 0 radical (unpaired) electrons. The molecular formula is C26H33N3O7. The Kier molecular flexibility index (Phi) is 8.21. The Morgan fingerprint density at radius 1 is 1.08 bits per heavy atom. The van der Waals surface area contributed by atoms with Gasteiger partial charge in [-0.25, -0.2) is 14.4 Å². The van der Waals surface area contributed by atoms with Crippen LogP contribution in [-0.4, -0.2) is 55.5 Å². The van der Waals surface area contributed by atoms with Crippen molar-refractivity contribution in [1.82, 2.24) is 0 Å². The van der Waals surface area contributed by atoms with Crippen LogP contribution in [0.15, 0.2) is 48.5 Å². The number of benzene rings is 2. The molecule has 1 heterocycles. The molecule has 2 aromatic carbocycles. The summed E-state index contributed by atoms with van der Waals surface area (Å²) in [6.07, 6.45) is -1.02. The number of nitrogens with zero attached hydrogens (tertiary/aromatic N) is 1. The zero-order chi connectivity index (χ0) is 26.5. The fourth-order valence-corrected chi connectivity index (χ4v) is 3.66. The first-order valence-corrected chi connectivity index (χ1v) is 11.5. The lowest BCUT2D eigenvalue weighted by atomic mass is 9.91. The molecule has 1 aliphatic heterocycles. The predicted molar refractivity (Wildman–Crippen MR) is 132 cm³/mol. The normalized spacial score (nSPS) is 17.2. The number of hydrogen-bond acceptors (Lipinski definition) is 9. The molecule has 0 bridgehead atoms. The topological polar surface area (TPSA) is 143 Å². The average molecular weight is 500 g/mol. The average Bonchev–Trinajstić information content (AvgIpc) is 3.22. The number of carbonyl (C=O) groups is 3. The van der Waals surface area contributed by atoms with Crippen LogP contribution in [0.4, 0.5) is 10.5 Å². The molecule has 0 spiro atoms. The van der Waals surface area contributed by atoms with Gasteiger partial charge in [-0.2, -0.15) is 0 Å². The highest BCUT2D eigenvalue weighted by atomic mass is 16.6.